The molecule has 0 aliphatic rings. The molecule has 15 heavy (non-hydrogen) atoms. The number of carbonyl (C=O) groups excluding carboxylic acids is 1. The summed E-state index contributed by atoms with van der Waals surface area (Å²) in [6, 6.07) is 3.36. The number of aromatic nitrogens is 1. The first-order valence-corrected chi connectivity index (χ1v) is 4.85. The topological polar surface area (TPSA) is 94.0 Å². The number of carbonyl (C=O) groups is 1. The van der Waals surface area contributed by atoms with E-state index in [1.165, 1.54) is 0 Å². The van der Waals surface area contributed by atoms with Gasteiger partial charge in [0, 0.05) is 24.3 Å². The van der Waals surface area contributed by atoms with Crippen molar-refractivity contribution in [1.29, 1.82) is 0 Å². The highest BCUT2D eigenvalue weighted by atomic mass is 16.1. The van der Waals surface area contributed by atoms with Crippen molar-refractivity contribution in [1.82, 2.24) is 4.98 Å². The summed E-state index contributed by atoms with van der Waals surface area (Å²) in [7, 11) is 0. The molecule has 0 bridgehead atoms. The van der Waals surface area contributed by atoms with Gasteiger partial charge in [0.1, 0.15) is 5.82 Å². The summed E-state index contributed by atoms with van der Waals surface area (Å²) in [5.41, 5.74) is 11.2. The van der Waals surface area contributed by atoms with Gasteiger partial charge in [-0.25, -0.2) is 4.98 Å². The molecule has 0 spiro atoms. The zero-order valence-electron chi connectivity index (χ0n) is 8.73. The lowest BCUT2D eigenvalue weighted by atomic mass is 10.2. The van der Waals surface area contributed by atoms with Crippen molar-refractivity contribution in [2.45, 2.75) is 19.4 Å². The molecule has 0 saturated carbocycles. The molecule has 1 aromatic heterocycles. The number of hydrogen-bond donors (Lipinski definition) is 3. The summed E-state index contributed by atoms with van der Waals surface area (Å²) in [6.07, 6.45) is 2.40. The Kier molecular flexibility index (Phi) is 4.05. The lowest BCUT2D eigenvalue weighted by Gasteiger charge is -2.07. The van der Waals surface area contributed by atoms with Gasteiger partial charge in [-0.15, -0.1) is 0 Å². The molecule has 1 unspecified atom stereocenters. The van der Waals surface area contributed by atoms with Gasteiger partial charge in [-0.2, -0.15) is 0 Å². The molecule has 1 aromatic rings. The minimum atomic E-state index is -0.451. The van der Waals surface area contributed by atoms with Crippen molar-refractivity contribution < 1.29 is 4.79 Å². The van der Waals surface area contributed by atoms with E-state index in [1.54, 1.807) is 18.3 Å². The predicted molar refractivity (Wildman–Crippen MR) is 59.5 cm³/mol. The van der Waals surface area contributed by atoms with Crippen LogP contribution >= 0.6 is 0 Å². The number of nitrogens with zero attached hydrogens (tertiary/aromatic N) is 1. The average Bonchev–Trinajstić information content (AvgIpc) is 2.17. The zero-order valence-corrected chi connectivity index (χ0v) is 8.73. The zero-order chi connectivity index (χ0) is 11.3. The van der Waals surface area contributed by atoms with Crippen LogP contribution in [0.4, 0.5) is 5.82 Å². The number of primary amides is 1. The molecule has 0 aromatic carbocycles. The van der Waals surface area contributed by atoms with Crippen LogP contribution in [0.25, 0.3) is 0 Å². The fourth-order valence-electron chi connectivity index (χ4n) is 1.11. The van der Waals surface area contributed by atoms with Crippen LogP contribution in [0.3, 0.4) is 0 Å². The standard InChI is InChI=1S/C10H16N4O/c1-7(11)2-4-13-9-6-8(10(12)15)3-5-14-9/h3,5-7H,2,4,11H2,1H3,(H2,12,15)(H,13,14). The molecule has 5 nitrogen and oxygen atoms in total. The highest BCUT2D eigenvalue weighted by Gasteiger charge is 2.01. The Labute approximate surface area is 88.9 Å². The van der Waals surface area contributed by atoms with Crippen LogP contribution in [-0.4, -0.2) is 23.5 Å². The summed E-state index contributed by atoms with van der Waals surface area (Å²) in [4.78, 5) is 14.9. The average molecular weight is 208 g/mol. The second kappa shape index (κ2) is 5.31. The van der Waals surface area contributed by atoms with Crippen LogP contribution in [0.5, 0.6) is 0 Å². The fraction of sp³-hybridized carbons (Fsp3) is 0.400. The van der Waals surface area contributed by atoms with E-state index in [9.17, 15) is 4.79 Å². The van der Waals surface area contributed by atoms with E-state index in [2.05, 4.69) is 10.3 Å². The van der Waals surface area contributed by atoms with E-state index < -0.39 is 5.91 Å². The number of hydrogen-bond acceptors (Lipinski definition) is 4. The molecular weight excluding hydrogens is 192 g/mol. The Bertz CT molecular complexity index is 338. The number of amides is 1. The molecular formula is C10H16N4O. The van der Waals surface area contributed by atoms with E-state index in [4.69, 9.17) is 11.5 Å². The minimum absolute atomic E-state index is 0.150. The summed E-state index contributed by atoms with van der Waals surface area (Å²) in [5.74, 6) is 0.194. The van der Waals surface area contributed by atoms with Gasteiger partial charge < -0.3 is 16.8 Å². The van der Waals surface area contributed by atoms with E-state index in [0.717, 1.165) is 13.0 Å². The molecule has 0 aliphatic carbocycles. The molecule has 1 heterocycles. The normalized spacial score (nSPS) is 12.1. The highest BCUT2D eigenvalue weighted by molar-refractivity contribution is 5.93. The third-order valence-electron chi connectivity index (χ3n) is 1.95. The Morgan fingerprint density at radius 3 is 3.00 bits per heavy atom. The molecule has 0 fully saturated rings. The first kappa shape index (κ1) is 11.5. The van der Waals surface area contributed by atoms with Crippen LogP contribution in [-0.2, 0) is 0 Å². The van der Waals surface area contributed by atoms with E-state index in [1.807, 2.05) is 6.92 Å². The molecule has 0 saturated heterocycles. The maximum absolute atomic E-state index is 10.9. The molecule has 0 aliphatic heterocycles. The van der Waals surface area contributed by atoms with Gasteiger partial charge in [-0.05, 0) is 25.5 Å². The second-order valence-corrected chi connectivity index (χ2v) is 3.49. The maximum atomic E-state index is 10.9. The summed E-state index contributed by atoms with van der Waals surface area (Å²) >= 11 is 0. The molecule has 1 rings (SSSR count). The Morgan fingerprint density at radius 2 is 2.40 bits per heavy atom. The molecule has 82 valence electrons. The van der Waals surface area contributed by atoms with Crippen molar-refractivity contribution >= 4 is 11.7 Å². The van der Waals surface area contributed by atoms with E-state index in [0.29, 0.717) is 11.4 Å². The van der Waals surface area contributed by atoms with Gasteiger partial charge in [0.15, 0.2) is 0 Å². The molecule has 5 heteroatoms. The Morgan fingerprint density at radius 1 is 1.67 bits per heavy atom. The quantitative estimate of drug-likeness (QED) is 0.650. The number of nitrogens with two attached hydrogens (primary N) is 2. The van der Waals surface area contributed by atoms with Crippen molar-refractivity contribution in [3.8, 4) is 0 Å². The third-order valence-corrected chi connectivity index (χ3v) is 1.95. The van der Waals surface area contributed by atoms with Crippen LogP contribution in [0, 0.1) is 0 Å². The lowest BCUT2D eigenvalue weighted by Crippen LogP contribution is -2.19. The SMILES string of the molecule is CC(N)CCNc1cc(C(N)=O)ccn1. The maximum Gasteiger partial charge on any atom is 0.248 e. The van der Waals surface area contributed by atoms with Gasteiger partial charge in [0.2, 0.25) is 5.91 Å². The lowest BCUT2D eigenvalue weighted by molar-refractivity contribution is 0.1000. The smallest absolute Gasteiger partial charge is 0.248 e. The summed E-state index contributed by atoms with van der Waals surface area (Å²) in [5, 5.41) is 3.07. The second-order valence-electron chi connectivity index (χ2n) is 3.49. The van der Waals surface area contributed by atoms with Crippen LogP contribution in [0.2, 0.25) is 0 Å². The summed E-state index contributed by atoms with van der Waals surface area (Å²) in [6.45, 7) is 2.67. The molecule has 5 N–H and O–H groups in total. The van der Waals surface area contributed by atoms with Crippen LogP contribution in [0.1, 0.15) is 23.7 Å². The monoisotopic (exact) mass is 208 g/mol. The largest absolute Gasteiger partial charge is 0.370 e. The molecule has 1 atom stereocenters. The Balaban J connectivity index is 2.54. The number of anilines is 1. The Hall–Kier alpha value is -1.62. The molecule has 0 radical (unpaired) electrons. The van der Waals surface area contributed by atoms with Gasteiger partial charge in [-0.1, -0.05) is 0 Å². The van der Waals surface area contributed by atoms with Crippen molar-refractivity contribution in [2.75, 3.05) is 11.9 Å². The number of nitrogens with one attached hydrogen (secondary N) is 1. The molecule has 1 amide bonds. The predicted octanol–water partition coefficient (Wildman–Crippen LogP) is 0.330. The minimum Gasteiger partial charge on any atom is -0.370 e. The van der Waals surface area contributed by atoms with Crippen molar-refractivity contribution in [3.05, 3.63) is 23.9 Å². The number of pyridine rings is 1. The van der Waals surface area contributed by atoms with Crippen LogP contribution < -0.4 is 16.8 Å². The van der Waals surface area contributed by atoms with Gasteiger partial charge in [0.25, 0.3) is 0 Å². The number of rotatable bonds is 5. The van der Waals surface area contributed by atoms with Crippen molar-refractivity contribution in [2.24, 2.45) is 11.5 Å². The fourth-order valence-corrected chi connectivity index (χ4v) is 1.11. The van der Waals surface area contributed by atoms with Gasteiger partial charge >= 0.3 is 0 Å². The third kappa shape index (κ3) is 3.95. The van der Waals surface area contributed by atoms with Gasteiger partial charge in [0.05, 0.1) is 0 Å². The highest BCUT2D eigenvalue weighted by Crippen LogP contribution is 2.06. The van der Waals surface area contributed by atoms with Gasteiger partial charge in [-0.3, -0.25) is 4.79 Å². The first-order valence-electron chi connectivity index (χ1n) is 4.85. The van der Waals surface area contributed by atoms with Crippen molar-refractivity contribution in [3.63, 3.8) is 0 Å². The first-order chi connectivity index (χ1) is 7.09. The van der Waals surface area contributed by atoms with E-state index >= 15 is 0 Å². The van der Waals surface area contributed by atoms with E-state index in [-0.39, 0.29) is 6.04 Å². The van der Waals surface area contributed by atoms with Crippen LogP contribution in [0.15, 0.2) is 18.3 Å². The summed E-state index contributed by atoms with van der Waals surface area (Å²) < 4.78 is 0.